The largest absolute Gasteiger partial charge is 0.493 e. The number of aromatic hydroxyl groups is 1. The van der Waals surface area contributed by atoms with Crippen LogP contribution in [0.3, 0.4) is 0 Å². The first-order valence-electron chi connectivity index (χ1n) is 9.60. The number of hydrogen-bond donors (Lipinski definition) is 2. The predicted octanol–water partition coefficient (Wildman–Crippen LogP) is 4.64. The number of carbonyl (C=O) groups excluding carboxylic acids is 1. The van der Waals surface area contributed by atoms with Crippen molar-refractivity contribution in [3.8, 4) is 11.6 Å². The molecule has 2 N–H and O–H groups in total. The molecule has 4 aromatic rings. The molecule has 0 aliphatic carbocycles. The summed E-state index contributed by atoms with van der Waals surface area (Å²) in [6, 6.07) is 10.5. The van der Waals surface area contributed by atoms with E-state index in [2.05, 4.69) is 10.5 Å². The zero-order valence-electron chi connectivity index (χ0n) is 16.5. The third kappa shape index (κ3) is 3.36. The molecule has 2 aromatic carbocycles. The molecular formula is C22H16FN3O6. The molecule has 0 radical (unpaired) electrons. The predicted molar refractivity (Wildman–Crippen MR) is 112 cm³/mol. The van der Waals surface area contributed by atoms with Crippen molar-refractivity contribution >= 4 is 28.2 Å². The summed E-state index contributed by atoms with van der Waals surface area (Å²) in [7, 11) is 0. The summed E-state index contributed by atoms with van der Waals surface area (Å²) in [6.45, 7) is 0.213. The van der Waals surface area contributed by atoms with Crippen LogP contribution in [0.2, 0.25) is 0 Å². The van der Waals surface area contributed by atoms with Crippen LogP contribution in [0.25, 0.3) is 10.9 Å². The highest BCUT2D eigenvalue weighted by molar-refractivity contribution is 6.04. The zero-order chi connectivity index (χ0) is 22.2. The Bertz CT molecular complexity index is 1350. The zero-order valence-corrected chi connectivity index (χ0v) is 16.5. The highest BCUT2D eigenvalue weighted by Gasteiger charge is 2.22. The molecule has 0 fully saturated rings. The van der Waals surface area contributed by atoms with Gasteiger partial charge in [-0.05, 0) is 47.6 Å². The van der Waals surface area contributed by atoms with Crippen LogP contribution in [-0.4, -0.2) is 22.4 Å². The summed E-state index contributed by atoms with van der Waals surface area (Å²) in [5.74, 6) is -0.734. The van der Waals surface area contributed by atoms with Gasteiger partial charge in [0.2, 0.25) is 5.88 Å². The maximum atomic E-state index is 14.2. The molecule has 1 amide bonds. The minimum Gasteiger partial charge on any atom is -0.493 e. The van der Waals surface area contributed by atoms with E-state index in [1.165, 1.54) is 29.0 Å². The molecule has 0 atom stereocenters. The quantitative estimate of drug-likeness (QED) is 0.440. The SMILES string of the molecule is O=Nc1c(O)n(Cc2cc(F)cc3c2OCOC3)c2cc(NC(=O)c3ccco3)ccc12. The van der Waals surface area contributed by atoms with Gasteiger partial charge in [0.25, 0.3) is 5.91 Å². The number of hydrogen-bond acceptors (Lipinski definition) is 7. The lowest BCUT2D eigenvalue weighted by Gasteiger charge is -2.21. The van der Waals surface area contributed by atoms with Crippen LogP contribution >= 0.6 is 0 Å². The van der Waals surface area contributed by atoms with E-state index in [1.54, 1.807) is 24.3 Å². The molecule has 0 saturated heterocycles. The number of anilines is 1. The molecule has 0 bridgehead atoms. The number of ether oxygens (including phenoxy) is 2. The summed E-state index contributed by atoms with van der Waals surface area (Å²) >= 11 is 0. The van der Waals surface area contributed by atoms with Gasteiger partial charge >= 0.3 is 0 Å². The van der Waals surface area contributed by atoms with E-state index in [0.717, 1.165) is 0 Å². The highest BCUT2D eigenvalue weighted by atomic mass is 19.1. The summed E-state index contributed by atoms with van der Waals surface area (Å²) in [6.07, 6.45) is 1.39. The monoisotopic (exact) mass is 437 g/mol. The van der Waals surface area contributed by atoms with E-state index in [9.17, 15) is 19.2 Å². The molecular weight excluding hydrogens is 421 g/mol. The first-order chi connectivity index (χ1) is 15.5. The molecule has 9 nitrogen and oxygen atoms in total. The van der Waals surface area contributed by atoms with E-state index >= 15 is 0 Å². The van der Waals surface area contributed by atoms with E-state index in [-0.39, 0.29) is 37.3 Å². The van der Waals surface area contributed by atoms with Gasteiger partial charge in [-0.15, -0.1) is 4.91 Å². The average Bonchev–Trinajstić information content (AvgIpc) is 3.41. The van der Waals surface area contributed by atoms with Gasteiger partial charge in [-0.1, -0.05) is 0 Å². The Labute approximate surface area is 179 Å². The Hall–Kier alpha value is -4.18. The van der Waals surface area contributed by atoms with Crippen molar-refractivity contribution in [1.82, 2.24) is 4.57 Å². The molecule has 5 rings (SSSR count). The first-order valence-corrected chi connectivity index (χ1v) is 9.60. The number of furan rings is 1. The van der Waals surface area contributed by atoms with Gasteiger partial charge in [0.1, 0.15) is 11.6 Å². The van der Waals surface area contributed by atoms with E-state index in [4.69, 9.17) is 13.9 Å². The molecule has 0 saturated carbocycles. The van der Waals surface area contributed by atoms with Crippen LogP contribution in [0, 0.1) is 10.7 Å². The molecule has 0 unspecified atom stereocenters. The number of nitroso groups, excluding NO2 is 1. The number of benzene rings is 2. The molecule has 1 aliphatic rings. The Morgan fingerprint density at radius 1 is 1.25 bits per heavy atom. The Morgan fingerprint density at radius 3 is 2.91 bits per heavy atom. The second-order valence-electron chi connectivity index (χ2n) is 7.18. The van der Waals surface area contributed by atoms with Crippen LogP contribution in [0.5, 0.6) is 11.6 Å². The Balaban J connectivity index is 1.58. The van der Waals surface area contributed by atoms with Gasteiger partial charge < -0.3 is 28.9 Å². The number of fused-ring (bicyclic) bond motifs is 2. The fourth-order valence-electron chi connectivity index (χ4n) is 3.79. The van der Waals surface area contributed by atoms with Gasteiger partial charge in [-0.3, -0.25) is 4.79 Å². The summed E-state index contributed by atoms with van der Waals surface area (Å²) in [5, 5.41) is 16.7. The van der Waals surface area contributed by atoms with Crippen molar-refractivity contribution in [2.24, 2.45) is 5.18 Å². The van der Waals surface area contributed by atoms with Crippen molar-refractivity contribution in [3.05, 3.63) is 76.3 Å². The standard InChI is InChI=1S/C22H16FN3O6/c23-14-6-12(20-13(7-14)10-30-11-32-20)9-26-17-8-15(24-21(27)18-2-1-5-31-18)3-4-16(17)19(25-29)22(26)28/h1-8,28H,9-11H2,(H,24,27). The Kier molecular flexibility index (Phi) is 4.83. The van der Waals surface area contributed by atoms with Gasteiger partial charge in [-0.2, -0.15) is 0 Å². The summed E-state index contributed by atoms with van der Waals surface area (Å²) in [5.41, 5.74) is 1.67. The first kappa shape index (κ1) is 19.8. The number of nitrogens with zero attached hydrogens (tertiary/aromatic N) is 2. The topological polar surface area (TPSA) is 115 Å². The number of halogens is 1. The molecule has 10 heteroatoms. The number of amides is 1. The molecule has 162 valence electrons. The lowest BCUT2D eigenvalue weighted by atomic mass is 10.1. The smallest absolute Gasteiger partial charge is 0.291 e. The van der Waals surface area contributed by atoms with Crippen LogP contribution in [0.15, 0.2) is 58.3 Å². The average molecular weight is 437 g/mol. The van der Waals surface area contributed by atoms with Crippen LogP contribution in [0.1, 0.15) is 21.7 Å². The van der Waals surface area contributed by atoms with Crippen molar-refractivity contribution in [2.75, 3.05) is 12.1 Å². The lowest BCUT2D eigenvalue weighted by Crippen LogP contribution is -2.15. The van der Waals surface area contributed by atoms with Gasteiger partial charge in [0.05, 0.1) is 24.9 Å². The lowest BCUT2D eigenvalue weighted by molar-refractivity contribution is -0.0173. The van der Waals surface area contributed by atoms with E-state index < -0.39 is 11.7 Å². The van der Waals surface area contributed by atoms with Crippen LogP contribution in [-0.2, 0) is 17.9 Å². The fraction of sp³-hybridized carbons (Fsp3) is 0.136. The molecule has 1 aliphatic heterocycles. The number of carbonyl (C=O) groups is 1. The second-order valence-corrected chi connectivity index (χ2v) is 7.18. The number of aromatic nitrogens is 1. The normalized spacial score (nSPS) is 12.9. The Morgan fingerprint density at radius 2 is 2.12 bits per heavy atom. The van der Waals surface area contributed by atoms with Gasteiger partial charge in [0.15, 0.2) is 18.2 Å². The summed E-state index contributed by atoms with van der Waals surface area (Å²) in [4.78, 5) is 23.7. The summed E-state index contributed by atoms with van der Waals surface area (Å²) < 4.78 is 31.4. The maximum absolute atomic E-state index is 14.2. The van der Waals surface area contributed by atoms with Crippen molar-refractivity contribution in [3.63, 3.8) is 0 Å². The minimum atomic E-state index is -0.482. The van der Waals surface area contributed by atoms with Crippen LogP contribution < -0.4 is 10.1 Å². The highest BCUT2D eigenvalue weighted by Crippen LogP contribution is 2.41. The minimum absolute atomic E-state index is 0.00642. The van der Waals surface area contributed by atoms with Crippen LogP contribution in [0.4, 0.5) is 15.8 Å². The second kappa shape index (κ2) is 7.82. The molecule has 32 heavy (non-hydrogen) atoms. The van der Waals surface area contributed by atoms with Crippen molar-refractivity contribution < 1.29 is 28.2 Å². The van der Waals surface area contributed by atoms with E-state index in [0.29, 0.717) is 33.5 Å². The van der Waals surface area contributed by atoms with Crippen molar-refractivity contribution in [2.45, 2.75) is 13.2 Å². The molecule has 2 aromatic heterocycles. The number of rotatable bonds is 5. The maximum Gasteiger partial charge on any atom is 0.291 e. The van der Waals surface area contributed by atoms with Crippen molar-refractivity contribution in [1.29, 1.82) is 0 Å². The fourth-order valence-corrected chi connectivity index (χ4v) is 3.79. The van der Waals surface area contributed by atoms with E-state index in [1.807, 2.05) is 0 Å². The third-order valence-corrected chi connectivity index (χ3v) is 5.19. The third-order valence-electron chi connectivity index (χ3n) is 5.19. The number of nitrogens with one attached hydrogen (secondary N) is 1. The van der Waals surface area contributed by atoms with Gasteiger partial charge in [0, 0.05) is 22.2 Å². The molecule has 0 spiro atoms. The van der Waals surface area contributed by atoms with Gasteiger partial charge in [-0.25, -0.2) is 4.39 Å². The molecule has 3 heterocycles.